The summed E-state index contributed by atoms with van der Waals surface area (Å²) in [5.74, 6) is -0.718. The van der Waals surface area contributed by atoms with Gasteiger partial charge in [-0.3, -0.25) is 14.0 Å². The average Bonchev–Trinajstić information content (AvgIpc) is 3.50. The number of nitrogens with one attached hydrogen (secondary N) is 1. The number of alkyl carbamates (subject to hydrolysis) is 1. The van der Waals surface area contributed by atoms with Crippen LogP contribution in [-0.2, 0) is 34.5 Å². The first kappa shape index (κ1) is 30.6. The van der Waals surface area contributed by atoms with E-state index < -0.39 is 57.1 Å². The highest BCUT2D eigenvalue weighted by atomic mass is 32.2. The lowest BCUT2D eigenvalue weighted by Gasteiger charge is -2.20. The van der Waals surface area contributed by atoms with Crippen molar-refractivity contribution in [2.75, 3.05) is 24.3 Å². The average molecular weight is 613 g/mol. The molecule has 1 saturated heterocycles. The van der Waals surface area contributed by atoms with Crippen LogP contribution in [0.15, 0.2) is 43.0 Å². The number of phosphoric ester groups is 1. The van der Waals surface area contributed by atoms with Gasteiger partial charge in [0.25, 0.3) is 0 Å². The highest BCUT2D eigenvalue weighted by molar-refractivity contribution is 7.98. The highest BCUT2D eigenvalue weighted by Crippen LogP contribution is 2.45. The monoisotopic (exact) mass is 612 g/mol. The van der Waals surface area contributed by atoms with Crippen LogP contribution in [0.2, 0.25) is 0 Å². The van der Waals surface area contributed by atoms with Gasteiger partial charge in [0.15, 0.2) is 17.7 Å². The summed E-state index contributed by atoms with van der Waals surface area (Å²) in [6, 6.07) is 7.55. The second kappa shape index (κ2) is 13.6. The van der Waals surface area contributed by atoms with Gasteiger partial charge in [0.1, 0.15) is 42.8 Å². The van der Waals surface area contributed by atoms with E-state index in [1.54, 1.807) is 36.6 Å². The van der Waals surface area contributed by atoms with Gasteiger partial charge in [-0.15, -0.1) is 0 Å². The predicted octanol–water partition coefficient (Wildman–Crippen LogP) is 0.736. The van der Waals surface area contributed by atoms with Gasteiger partial charge in [0.05, 0.1) is 12.9 Å². The molecular weight excluding hydrogens is 583 g/mol. The number of carbonyl (C=O) groups excluding carboxylic acids is 2. The van der Waals surface area contributed by atoms with E-state index in [0.717, 1.165) is 5.56 Å². The fraction of sp³-hybridized carbons (Fsp3) is 0.435. The van der Waals surface area contributed by atoms with Crippen LogP contribution in [0.4, 0.5) is 10.6 Å². The molecule has 41 heavy (non-hydrogen) atoms. The number of thioether (sulfide) groups is 1. The van der Waals surface area contributed by atoms with Crippen LogP contribution in [0.1, 0.15) is 18.2 Å². The van der Waals surface area contributed by atoms with Gasteiger partial charge in [-0.25, -0.2) is 29.1 Å². The van der Waals surface area contributed by atoms with E-state index in [1.165, 1.54) is 29.0 Å². The molecule has 6 N–H and O–H groups in total. The Morgan fingerprint density at radius 3 is 2.71 bits per heavy atom. The van der Waals surface area contributed by atoms with Gasteiger partial charge >= 0.3 is 19.9 Å². The molecule has 222 valence electrons. The number of aliphatic hydroxyl groups is 2. The molecule has 1 aliphatic rings. The second-order valence-electron chi connectivity index (χ2n) is 8.84. The number of nitrogens with two attached hydrogens (primary N) is 1. The number of ether oxygens (including phenoxy) is 2. The quantitative estimate of drug-likeness (QED) is 0.178. The molecule has 3 heterocycles. The van der Waals surface area contributed by atoms with Crippen molar-refractivity contribution in [1.29, 1.82) is 0 Å². The van der Waals surface area contributed by atoms with Crippen LogP contribution in [0.25, 0.3) is 11.2 Å². The van der Waals surface area contributed by atoms with E-state index >= 15 is 0 Å². The molecule has 1 unspecified atom stereocenters. The van der Waals surface area contributed by atoms with Crippen molar-refractivity contribution >= 4 is 48.6 Å². The van der Waals surface area contributed by atoms with Crippen molar-refractivity contribution in [3.8, 4) is 0 Å². The normalized spacial score (nSPS) is 22.6. The third-order valence-corrected chi connectivity index (χ3v) is 7.54. The number of anilines is 1. The SMILES string of the molecule is CSCC[C@H](NC(=O)OCc1ccccc1)C(=O)OP(=O)(O)OC[C@H]1O[C@@H](n2cnc3c(N)ncnc32)[C@H](O)[C@@H]1O. The number of phosphoric acid groups is 1. The number of hydrogen-bond acceptors (Lipinski definition) is 14. The maximum absolute atomic E-state index is 12.7. The lowest BCUT2D eigenvalue weighted by Crippen LogP contribution is -2.42. The van der Waals surface area contributed by atoms with Crippen molar-refractivity contribution in [3.05, 3.63) is 48.5 Å². The van der Waals surface area contributed by atoms with Gasteiger partial charge in [-0.2, -0.15) is 11.8 Å². The Bertz CT molecular complexity index is 1400. The van der Waals surface area contributed by atoms with E-state index in [1.807, 2.05) is 0 Å². The fourth-order valence-corrected chi connectivity index (χ4v) is 5.13. The van der Waals surface area contributed by atoms with Crippen molar-refractivity contribution in [1.82, 2.24) is 24.8 Å². The Morgan fingerprint density at radius 2 is 1.98 bits per heavy atom. The van der Waals surface area contributed by atoms with E-state index in [9.17, 15) is 29.3 Å². The summed E-state index contributed by atoms with van der Waals surface area (Å²) >= 11 is 1.38. The number of fused-ring (bicyclic) bond motifs is 1. The summed E-state index contributed by atoms with van der Waals surface area (Å²) in [4.78, 5) is 47.1. The first-order valence-electron chi connectivity index (χ1n) is 12.2. The number of aliphatic hydroxyl groups excluding tert-OH is 2. The number of imidazole rings is 1. The highest BCUT2D eigenvalue weighted by Gasteiger charge is 2.46. The number of nitrogens with zero attached hydrogens (tertiary/aromatic N) is 4. The van der Waals surface area contributed by atoms with E-state index in [2.05, 4.69) is 24.8 Å². The molecule has 0 radical (unpaired) electrons. The van der Waals surface area contributed by atoms with Crippen LogP contribution in [0.5, 0.6) is 0 Å². The van der Waals surface area contributed by atoms with Gasteiger partial charge < -0.3 is 35.3 Å². The molecule has 1 aliphatic heterocycles. The third-order valence-electron chi connectivity index (χ3n) is 6.01. The molecule has 1 amide bonds. The first-order chi connectivity index (χ1) is 19.6. The van der Waals surface area contributed by atoms with E-state index in [0.29, 0.717) is 5.75 Å². The van der Waals surface area contributed by atoms with Crippen LogP contribution in [0, 0.1) is 0 Å². The van der Waals surface area contributed by atoms with Gasteiger partial charge in [0.2, 0.25) is 0 Å². The van der Waals surface area contributed by atoms with Crippen LogP contribution in [0.3, 0.4) is 0 Å². The first-order valence-corrected chi connectivity index (χ1v) is 15.1. The summed E-state index contributed by atoms with van der Waals surface area (Å²) in [6.07, 6.45) is -2.15. The van der Waals surface area contributed by atoms with Gasteiger partial charge in [-0.1, -0.05) is 30.3 Å². The number of amides is 1. The van der Waals surface area contributed by atoms with Crippen molar-refractivity contribution in [3.63, 3.8) is 0 Å². The number of nitrogen functional groups attached to an aromatic ring is 1. The predicted molar refractivity (Wildman–Crippen MR) is 144 cm³/mol. The lowest BCUT2D eigenvalue weighted by atomic mass is 10.1. The molecular formula is C23H29N6O10PS. The number of rotatable bonds is 12. The van der Waals surface area contributed by atoms with Crippen molar-refractivity contribution < 1.29 is 47.8 Å². The Labute approximate surface area is 237 Å². The minimum absolute atomic E-state index is 0.0513. The summed E-state index contributed by atoms with van der Waals surface area (Å²) in [5.41, 5.74) is 6.97. The largest absolute Gasteiger partial charge is 0.529 e. The summed E-state index contributed by atoms with van der Waals surface area (Å²) in [7, 11) is -5.04. The molecule has 6 atom stereocenters. The van der Waals surface area contributed by atoms with Crippen LogP contribution < -0.4 is 11.1 Å². The maximum Gasteiger partial charge on any atom is 0.529 e. The molecule has 2 aromatic heterocycles. The standard InChI is InChI=1S/C23H29N6O10PS/c1-41-8-7-14(28-23(33)36-9-13-5-3-2-4-6-13)22(32)39-40(34,35)37-10-15-17(30)18(31)21(38-15)29-12-27-16-19(24)25-11-26-20(16)29/h2-6,11-12,14-15,17-18,21,30-31H,7-10H2,1H3,(H,28,33)(H,34,35)(H2,24,25,26)/t14-,15+,17+,18+,21+/m0/s1. The summed E-state index contributed by atoms with van der Waals surface area (Å²) in [5, 5.41) is 23.3. The fourth-order valence-electron chi connectivity index (χ4n) is 3.92. The molecule has 0 saturated carbocycles. The molecule has 3 aromatic rings. The molecule has 18 heteroatoms. The van der Waals surface area contributed by atoms with E-state index in [4.69, 9.17) is 19.7 Å². The van der Waals surface area contributed by atoms with Gasteiger partial charge in [0, 0.05) is 0 Å². The van der Waals surface area contributed by atoms with Gasteiger partial charge in [-0.05, 0) is 24.0 Å². The Balaban J connectivity index is 1.33. The topological polar surface area (TPSA) is 230 Å². The number of hydrogen-bond donors (Lipinski definition) is 5. The zero-order valence-electron chi connectivity index (χ0n) is 21.7. The number of aromatic nitrogens is 4. The Morgan fingerprint density at radius 1 is 1.22 bits per heavy atom. The molecule has 4 rings (SSSR count). The minimum Gasteiger partial charge on any atom is -0.445 e. The summed E-state index contributed by atoms with van der Waals surface area (Å²) < 4.78 is 34.2. The molecule has 0 bridgehead atoms. The smallest absolute Gasteiger partial charge is 0.445 e. The molecule has 16 nitrogen and oxygen atoms in total. The molecule has 0 spiro atoms. The van der Waals surface area contributed by atoms with E-state index in [-0.39, 0.29) is 30.0 Å². The molecule has 0 aliphatic carbocycles. The lowest BCUT2D eigenvalue weighted by molar-refractivity contribution is -0.138. The zero-order chi connectivity index (χ0) is 29.6. The molecule has 1 fully saturated rings. The van der Waals surface area contributed by atoms with Crippen molar-refractivity contribution in [2.45, 2.75) is 43.6 Å². The maximum atomic E-state index is 12.7. The third kappa shape index (κ3) is 7.71. The van der Waals surface area contributed by atoms with Crippen LogP contribution in [-0.4, -0.2) is 89.7 Å². The summed E-state index contributed by atoms with van der Waals surface area (Å²) in [6.45, 7) is -0.786. The Kier molecular flexibility index (Phi) is 10.1. The molecule has 1 aromatic carbocycles. The minimum atomic E-state index is -5.04. The number of carbonyl (C=O) groups is 2. The number of benzene rings is 1. The van der Waals surface area contributed by atoms with Crippen molar-refractivity contribution in [2.24, 2.45) is 0 Å². The second-order valence-corrected chi connectivity index (χ2v) is 11.2. The Hall–Kier alpha value is -3.31. The zero-order valence-corrected chi connectivity index (χ0v) is 23.4. The van der Waals surface area contributed by atoms with Crippen LogP contribution >= 0.6 is 19.6 Å².